The van der Waals surface area contributed by atoms with Crippen molar-refractivity contribution in [2.24, 2.45) is 5.41 Å². The Kier molecular flexibility index (Phi) is 3.05. The molecule has 0 aromatic carbocycles. The van der Waals surface area contributed by atoms with Crippen LogP contribution in [0.25, 0.3) is 0 Å². The first-order valence-corrected chi connectivity index (χ1v) is 4.31. The smallest absolute Gasteiger partial charge is 0.219 e. The average molecular weight is 172 g/mol. The van der Waals surface area contributed by atoms with Crippen LogP contribution in [0.2, 0.25) is 0 Å². The first kappa shape index (κ1) is 9.48. The minimum Gasteiger partial charge on any atom is -0.396 e. The van der Waals surface area contributed by atoms with Crippen LogP contribution in [0.15, 0.2) is 0 Å². The molecule has 0 unspecified atom stereocenters. The minimum atomic E-state index is -0.0924. The third kappa shape index (κ3) is 1.95. The lowest BCUT2D eigenvalue weighted by Gasteiger charge is -2.41. The summed E-state index contributed by atoms with van der Waals surface area (Å²) in [6, 6.07) is 0. The number of hydrogen-bond donors (Lipinski definition) is 3. The molecule has 0 spiro atoms. The molecule has 4 nitrogen and oxygen atoms in total. The van der Waals surface area contributed by atoms with Crippen LogP contribution in [-0.2, 0) is 4.79 Å². The van der Waals surface area contributed by atoms with Crippen molar-refractivity contribution >= 4 is 5.91 Å². The van der Waals surface area contributed by atoms with Crippen molar-refractivity contribution in [1.82, 2.24) is 10.6 Å². The molecule has 0 aromatic rings. The summed E-state index contributed by atoms with van der Waals surface area (Å²) in [6.07, 6.45) is 0.509. The van der Waals surface area contributed by atoms with Crippen LogP contribution in [0.5, 0.6) is 0 Å². The van der Waals surface area contributed by atoms with Crippen LogP contribution in [0.1, 0.15) is 13.3 Å². The molecule has 0 saturated carbocycles. The maximum absolute atomic E-state index is 10.9. The monoisotopic (exact) mass is 172 g/mol. The van der Waals surface area contributed by atoms with E-state index in [-0.39, 0.29) is 17.9 Å². The maximum atomic E-state index is 10.9. The molecule has 1 amide bonds. The normalized spacial score (nSPS) is 19.8. The zero-order valence-electron chi connectivity index (χ0n) is 7.39. The Morgan fingerprint density at radius 2 is 2.33 bits per heavy atom. The van der Waals surface area contributed by atoms with Gasteiger partial charge in [0, 0.05) is 31.5 Å². The zero-order valence-corrected chi connectivity index (χ0v) is 7.39. The van der Waals surface area contributed by atoms with E-state index in [9.17, 15) is 4.79 Å². The molecule has 1 saturated heterocycles. The standard InChI is InChI=1S/C8H16N2O2/c1-2-7(12)10-5-8(6-11)3-9-4-8/h9,11H,2-6H2,1H3,(H,10,12). The molecule has 0 bridgehead atoms. The van der Waals surface area contributed by atoms with Crippen LogP contribution in [0.3, 0.4) is 0 Å². The molecule has 70 valence electrons. The van der Waals surface area contributed by atoms with Crippen molar-refractivity contribution < 1.29 is 9.90 Å². The summed E-state index contributed by atoms with van der Waals surface area (Å²) >= 11 is 0. The van der Waals surface area contributed by atoms with Crippen LogP contribution in [0.4, 0.5) is 0 Å². The first-order valence-electron chi connectivity index (χ1n) is 4.31. The fraction of sp³-hybridized carbons (Fsp3) is 0.875. The average Bonchev–Trinajstić information content (AvgIpc) is 2.03. The van der Waals surface area contributed by atoms with Crippen LogP contribution in [-0.4, -0.2) is 37.3 Å². The van der Waals surface area contributed by atoms with E-state index in [1.807, 2.05) is 6.92 Å². The van der Waals surface area contributed by atoms with E-state index < -0.39 is 0 Å². The second kappa shape index (κ2) is 3.87. The largest absolute Gasteiger partial charge is 0.396 e. The second-order valence-electron chi connectivity index (χ2n) is 3.39. The van der Waals surface area contributed by atoms with E-state index >= 15 is 0 Å². The Bertz CT molecular complexity index is 161. The molecule has 1 aliphatic rings. The van der Waals surface area contributed by atoms with Crippen LogP contribution < -0.4 is 10.6 Å². The maximum Gasteiger partial charge on any atom is 0.219 e. The van der Waals surface area contributed by atoms with Gasteiger partial charge in [-0.2, -0.15) is 0 Å². The van der Waals surface area contributed by atoms with Gasteiger partial charge in [0.05, 0.1) is 6.61 Å². The highest BCUT2D eigenvalue weighted by Gasteiger charge is 2.36. The van der Waals surface area contributed by atoms with Crippen molar-refractivity contribution in [3.63, 3.8) is 0 Å². The summed E-state index contributed by atoms with van der Waals surface area (Å²) in [7, 11) is 0. The Balaban J connectivity index is 2.24. The van der Waals surface area contributed by atoms with Gasteiger partial charge in [-0.1, -0.05) is 6.92 Å². The molecule has 3 N–H and O–H groups in total. The zero-order chi connectivity index (χ0) is 9.03. The van der Waals surface area contributed by atoms with Crippen molar-refractivity contribution in [2.75, 3.05) is 26.2 Å². The SMILES string of the molecule is CCC(=O)NCC1(CO)CNC1. The van der Waals surface area contributed by atoms with Crippen molar-refractivity contribution in [2.45, 2.75) is 13.3 Å². The molecule has 1 fully saturated rings. The van der Waals surface area contributed by atoms with Gasteiger partial charge in [0.1, 0.15) is 0 Å². The van der Waals surface area contributed by atoms with Crippen molar-refractivity contribution in [3.05, 3.63) is 0 Å². The third-order valence-electron chi connectivity index (χ3n) is 2.32. The molecule has 4 heteroatoms. The van der Waals surface area contributed by atoms with Crippen LogP contribution in [0, 0.1) is 5.41 Å². The topological polar surface area (TPSA) is 61.4 Å². The summed E-state index contributed by atoms with van der Waals surface area (Å²) in [5, 5.41) is 14.9. The predicted octanol–water partition coefficient (Wildman–Crippen LogP) is -0.905. The number of aliphatic hydroxyl groups is 1. The highest BCUT2D eigenvalue weighted by molar-refractivity contribution is 5.75. The van der Waals surface area contributed by atoms with E-state index in [4.69, 9.17) is 5.11 Å². The molecule has 0 aliphatic carbocycles. The van der Waals surface area contributed by atoms with Gasteiger partial charge in [0.15, 0.2) is 0 Å². The van der Waals surface area contributed by atoms with Gasteiger partial charge in [0.25, 0.3) is 0 Å². The third-order valence-corrected chi connectivity index (χ3v) is 2.32. The number of amides is 1. The lowest BCUT2D eigenvalue weighted by atomic mass is 9.82. The first-order chi connectivity index (χ1) is 5.72. The lowest BCUT2D eigenvalue weighted by Crippen LogP contribution is -2.60. The Labute approximate surface area is 72.3 Å². The van der Waals surface area contributed by atoms with E-state index in [0.717, 1.165) is 13.1 Å². The van der Waals surface area contributed by atoms with Gasteiger partial charge in [-0.15, -0.1) is 0 Å². The molecule has 1 rings (SSSR count). The quantitative estimate of drug-likeness (QED) is 0.515. The second-order valence-corrected chi connectivity index (χ2v) is 3.39. The minimum absolute atomic E-state index is 0.0507. The number of hydrogen-bond acceptors (Lipinski definition) is 3. The number of nitrogens with one attached hydrogen (secondary N) is 2. The fourth-order valence-corrected chi connectivity index (χ4v) is 1.18. The molecule has 12 heavy (non-hydrogen) atoms. The molecule has 1 heterocycles. The van der Waals surface area contributed by atoms with Gasteiger partial charge in [0.2, 0.25) is 5.91 Å². The van der Waals surface area contributed by atoms with E-state index in [0.29, 0.717) is 13.0 Å². The summed E-state index contributed by atoms with van der Waals surface area (Å²) in [5.74, 6) is 0.0507. The number of rotatable bonds is 4. The highest BCUT2D eigenvalue weighted by Crippen LogP contribution is 2.19. The van der Waals surface area contributed by atoms with Gasteiger partial charge in [-0.05, 0) is 0 Å². The number of aliphatic hydroxyl groups excluding tert-OH is 1. The van der Waals surface area contributed by atoms with E-state index in [1.165, 1.54) is 0 Å². The van der Waals surface area contributed by atoms with E-state index in [1.54, 1.807) is 0 Å². The summed E-state index contributed by atoms with van der Waals surface area (Å²) < 4.78 is 0. The van der Waals surface area contributed by atoms with Crippen molar-refractivity contribution in [1.29, 1.82) is 0 Å². The Morgan fingerprint density at radius 1 is 1.67 bits per heavy atom. The molecular formula is C8H16N2O2. The number of carbonyl (C=O) groups is 1. The Morgan fingerprint density at radius 3 is 2.67 bits per heavy atom. The molecule has 0 atom stereocenters. The summed E-state index contributed by atoms with van der Waals surface area (Å²) in [6.45, 7) is 4.15. The van der Waals surface area contributed by atoms with Gasteiger partial charge >= 0.3 is 0 Å². The molecule has 0 aromatic heterocycles. The number of carbonyl (C=O) groups excluding carboxylic acids is 1. The molecular weight excluding hydrogens is 156 g/mol. The molecule has 1 aliphatic heterocycles. The summed E-state index contributed by atoms with van der Waals surface area (Å²) in [4.78, 5) is 10.9. The van der Waals surface area contributed by atoms with Gasteiger partial charge in [-0.25, -0.2) is 0 Å². The van der Waals surface area contributed by atoms with Crippen LogP contribution >= 0.6 is 0 Å². The lowest BCUT2D eigenvalue weighted by molar-refractivity contribution is -0.121. The van der Waals surface area contributed by atoms with E-state index in [2.05, 4.69) is 10.6 Å². The highest BCUT2D eigenvalue weighted by atomic mass is 16.3. The van der Waals surface area contributed by atoms with Crippen molar-refractivity contribution in [3.8, 4) is 0 Å². The Hall–Kier alpha value is -0.610. The van der Waals surface area contributed by atoms with Gasteiger partial charge in [-0.3, -0.25) is 4.79 Å². The summed E-state index contributed by atoms with van der Waals surface area (Å²) in [5.41, 5.74) is -0.0924. The van der Waals surface area contributed by atoms with Gasteiger partial charge < -0.3 is 15.7 Å². The predicted molar refractivity (Wildman–Crippen MR) is 45.7 cm³/mol. The molecule has 0 radical (unpaired) electrons. The fourth-order valence-electron chi connectivity index (χ4n) is 1.18.